The number of aryl methyl sites for hydroxylation is 1. The Kier molecular flexibility index (Phi) is 11.5. The molecule has 1 rings (SSSR count). The fraction of sp³-hybridized carbons (Fsp3) is 0.615. The Morgan fingerprint density at radius 3 is 2.37 bits per heavy atom. The summed E-state index contributed by atoms with van der Waals surface area (Å²) in [5, 5.41) is 25.0. The smallest absolute Gasteiger partial charge is 0.408 e. The number of aromatic hydroxyl groups is 1. The average molecular weight is 489 g/mol. The van der Waals surface area contributed by atoms with E-state index in [0.29, 0.717) is 17.7 Å². The molecule has 2 unspecified atom stereocenters. The highest BCUT2D eigenvalue weighted by Gasteiger charge is 2.37. The number of phenolic OH excluding ortho intramolecular Hbond substituents is 1. The van der Waals surface area contributed by atoms with Crippen molar-refractivity contribution >= 4 is 17.9 Å². The maximum absolute atomic E-state index is 13.7. The van der Waals surface area contributed by atoms with Gasteiger partial charge in [-0.1, -0.05) is 39.7 Å². The first kappa shape index (κ1) is 29.8. The number of unbranched alkanes of at least 4 members (excludes halogenated alkanes) is 2. The highest BCUT2D eigenvalue weighted by molar-refractivity contribution is 5.92. The van der Waals surface area contributed by atoms with Crippen molar-refractivity contribution in [2.45, 2.75) is 85.4 Å². The van der Waals surface area contributed by atoms with Crippen molar-refractivity contribution in [3.8, 4) is 11.8 Å². The third-order valence-corrected chi connectivity index (χ3v) is 5.31. The van der Waals surface area contributed by atoms with Crippen molar-refractivity contribution in [1.29, 1.82) is 5.26 Å². The van der Waals surface area contributed by atoms with Crippen molar-refractivity contribution in [2.24, 2.45) is 5.92 Å². The Labute approximate surface area is 208 Å². The normalized spacial score (nSPS) is 12.9. The maximum Gasteiger partial charge on any atom is 0.408 e. The predicted octanol–water partition coefficient (Wildman–Crippen LogP) is 3.95. The van der Waals surface area contributed by atoms with Crippen molar-refractivity contribution in [2.75, 3.05) is 13.1 Å². The summed E-state index contributed by atoms with van der Waals surface area (Å²) in [5.41, 5.74) is 0.227. The molecule has 0 heterocycles. The molecule has 0 bridgehead atoms. The molecule has 1 aromatic rings. The summed E-state index contributed by atoms with van der Waals surface area (Å²) in [6, 6.07) is 4.46. The number of nitrogens with one attached hydrogen (secondary N) is 2. The lowest BCUT2D eigenvalue weighted by Gasteiger charge is -2.34. The van der Waals surface area contributed by atoms with Gasteiger partial charge in [0.25, 0.3) is 0 Å². The zero-order chi connectivity index (χ0) is 26.8. The van der Waals surface area contributed by atoms with Crippen molar-refractivity contribution in [3.05, 3.63) is 29.3 Å². The lowest BCUT2D eigenvalue weighted by atomic mass is 9.97. The molecular weight excluding hydrogens is 448 g/mol. The van der Waals surface area contributed by atoms with E-state index in [1.165, 1.54) is 11.0 Å². The second-order valence-corrected chi connectivity index (χ2v) is 9.94. The van der Waals surface area contributed by atoms with E-state index < -0.39 is 35.6 Å². The van der Waals surface area contributed by atoms with Crippen LogP contribution in [0.1, 0.15) is 78.0 Å². The van der Waals surface area contributed by atoms with Crippen LogP contribution in [0.25, 0.3) is 0 Å². The first-order valence-electron chi connectivity index (χ1n) is 12.1. The summed E-state index contributed by atoms with van der Waals surface area (Å²) in [7, 11) is 0. The van der Waals surface area contributed by atoms with E-state index in [4.69, 9.17) is 4.74 Å². The van der Waals surface area contributed by atoms with Crippen LogP contribution >= 0.6 is 0 Å². The van der Waals surface area contributed by atoms with Crippen LogP contribution in [0.15, 0.2) is 18.2 Å². The molecule has 0 saturated carbocycles. The standard InChI is InChI=1S/C26H40N4O5/c1-8-9-10-14-28-23(32)22(19-11-12-20(31)18(4)16-19)30(15-13-27)24(33)21(17(2)3)29-25(34)35-26(5,6)7/h11-12,16-17,21-22,31H,8-10,14-15H2,1-7H3,(H,28,32)(H,29,34). The van der Waals surface area contributed by atoms with E-state index in [-0.39, 0.29) is 18.2 Å². The zero-order valence-corrected chi connectivity index (χ0v) is 22.0. The van der Waals surface area contributed by atoms with E-state index in [0.717, 1.165) is 19.3 Å². The van der Waals surface area contributed by atoms with Crippen LogP contribution in [0.2, 0.25) is 0 Å². The third-order valence-electron chi connectivity index (χ3n) is 5.31. The van der Waals surface area contributed by atoms with Crippen LogP contribution in [0.3, 0.4) is 0 Å². The SMILES string of the molecule is CCCCCNC(=O)C(c1ccc(O)c(C)c1)N(CC#N)C(=O)C(NC(=O)OC(C)(C)C)C(C)C. The average Bonchev–Trinajstić information content (AvgIpc) is 2.75. The van der Waals surface area contributed by atoms with Crippen LogP contribution in [0, 0.1) is 24.2 Å². The van der Waals surface area contributed by atoms with Crippen LogP contribution in [0.4, 0.5) is 4.79 Å². The Hall–Kier alpha value is -3.28. The molecule has 0 aliphatic heterocycles. The number of alkyl carbamates (subject to hydrolysis) is 1. The van der Waals surface area contributed by atoms with Crippen molar-refractivity contribution < 1.29 is 24.2 Å². The molecule has 2 atom stereocenters. The minimum Gasteiger partial charge on any atom is -0.508 e. The number of ether oxygens (including phenoxy) is 1. The molecule has 0 aliphatic rings. The number of benzene rings is 1. The number of carbonyl (C=O) groups is 3. The molecule has 35 heavy (non-hydrogen) atoms. The van der Waals surface area contributed by atoms with Gasteiger partial charge < -0.3 is 25.4 Å². The minimum absolute atomic E-state index is 0.0562. The van der Waals surface area contributed by atoms with Gasteiger partial charge in [-0.05, 0) is 63.3 Å². The molecule has 194 valence electrons. The Bertz CT molecular complexity index is 917. The van der Waals surface area contributed by atoms with E-state index in [9.17, 15) is 24.8 Å². The molecule has 3 amide bonds. The van der Waals surface area contributed by atoms with Gasteiger partial charge in [0, 0.05) is 6.54 Å². The molecule has 3 N–H and O–H groups in total. The first-order chi connectivity index (χ1) is 16.3. The number of carbonyl (C=O) groups excluding carboxylic acids is 3. The summed E-state index contributed by atoms with van der Waals surface area (Å²) in [6.45, 7) is 12.5. The van der Waals surface area contributed by atoms with Gasteiger partial charge >= 0.3 is 6.09 Å². The van der Waals surface area contributed by atoms with E-state index >= 15 is 0 Å². The van der Waals surface area contributed by atoms with Gasteiger partial charge in [-0.2, -0.15) is 5.26 Å². The molecule has 0 radical (unpaired) electrons. The maximum atomic E-state index is 13.7. The quantitative estimate of drug-likeness (QED) is 0.319. The molecule has 9 heteroatoms. The molecular formula is C26H40N4O5. The summed E-state index contributed by atoms with van der Waals surface area (Å²) in [4.78, 5) is 40.6. The second kappa shape index (κ2) is 13.6. The van der Waals surface area contributed by atoms with Gasteiger partial charge in [-0.3, -0.25) is 9.59 Å². The fourth-order valence-corrected chi connectivity index (χ4v) is 3.50. The van der Waals surface area contributed by atoms with Gasteiger partial charge in [0.05, 0.1) is 6.07 Å². The Morgan fingerprint density at radius 1 is 1.20 bits per heavy atom. The fourth-order valence-electron chi connectivity index (χ4n) is 3.50. The summed E-state index contributed by atoms with van der Waals surface area (Å²) >= 11 is 0. The number of rotatable bonds is 11. The van der Waals surface area contributed by atoms with E-state index in [1.54, 1.807) is 53.7 Å². The van der Waals surface area contributed by atoms with Gasteiger partial charge in [-0.25, -0.2) is 4.79 Å². The highest BCUT2D eigenvalue weighted by atomic mass is 16.6. The van der Waals surface area contributed by atoms with Crippen LogP contribution in [-0.2, 0) is 14.3 Å². The topological polar surface area (TPSA) is 132 Å². The van der Waals surface area contributed by atoms with Gasteiger partial charge in [0.1, 0.15) is 30.0 Å². The van der Waals surface area contributed by atoms with E-state index in [2.05, 4.69) is 17.6 Å². The lowest BCUT2D eigenvalue weighted by molar-refractivity contribution is -0.142. The summed E-state index contributed by atoms with van der Waals surface area (Å²) in [6.07, 6.45) is 1.95. The van der Waals surface area contributed by atoms with Gasteiger partial charge in [0.15, 0.2) is 0 Å². The monoisotopic (exact) mass is 488 g/mol. The van der Waals surface area contributed by atoms with Crippen LogP contribution in [0.5, 0.6) is 5.75 Å². The highest BCUT2D eigenvalue weighted by Crippen LogP contribution is 2.27. The van der Waals surface area contributed by atoms with Crippen LogP contribution in [-0.4, -0.2) is 52.6 Å². The number of hydrogen-bond donors (Lipinski definition) is 3. The van der Waals surface area contributed by atoms with Crippen molar-refractivity contribution in [1.82, 2.24) is 15.5 Å². The molecule has 1 aromatic carbocycles. The molecule has 0 saturated heterocycles. The van der Waals surface area contributed by atoms with E-state index in [1.807, 2.05) is 6.07 Å². The number of hydrogen-bond acceptors (Lipinski definition) is 6. The third kappa shape index (κ3) is 9.47. The largest absolute Gasteiger partial charge is 0.508 e. The predicted molar refractivity (Wildman–Crippen MR) is 133 cm³/mol. The minimum atomic E-state index is -1.12. The molecule has 0 spiro atoms. The first-order valence-corrected chi connectivity index (χ1v) is 12.1. The molecule has 0 aromatic heterocycles. The number of nitriles is 1. The number of nitrogens with zero attached hydrogens (tertiary/aromatic N) is 2. The second-order valence-electron chi connectivity index (χ2n) is 9.94. The Morgan fingerprint density at radius 2 is 1.86 bits per heavy atom. The summed E-state index contributed by atoms with van der Waals surface area (Å²) in [5.74, 6) is -1.30. The molecule has 0 fully saturated rings. The van der Waals surface area contributed by atoms with Gasteiger partial charge in [0.2, 0.25) is 11.8 Å². The molecule has 0 aliphatic carbocycles. The number of phenols is 1. The molecule has 9 nitrogen and oxygen atoms in total. The van der Waals surface area contributed by atoms with Gasteiger partial charge in [-0.15, -0.1) is 0 Å². The Balaban J connectivity index is 3.39. The van der Waals surface area contributed by atoms with Crippen molar-refractivity contribution in [3.63, 3.8) is 0 Å². The zero-order valence-electron chi connectivity index (χ0n) is 22.0. The van der Waals surface area contributed by atoms with Crippen LogP contribution < -0.4 is 10.6 Å². The number of amides is 3. The summed E-state index contributed by atoms with van der Waals surface area (Å²) < 4.78 is 5.31. The lowest BCUT2D eigenvalue weighted by Crippen LogP contribution is -2.55.